The molecule has 25 heavy (non-hydrogen) atoms. The molecule has 0 bridgehead atoms. The van der Waals surface area contributed by atoms with Gasteiger partial charge in [-0.2, -0.15) is 0 Å². The number of furan rings is 1. The highest BCUT2D eigenvalue weighted by molar-refractivity contribution is 6.09. The van der Waals surface area contributed by atoms with Gasteiger partial charge in [-0.1, -0.05) is 60.7 Å². The molecule has 3 aromatic carbocycles. The number of nitrogens with zero attached hydrogens (tertiary/aromatic N) is 1. The summed E-state index contributed by atoms with van der Waals surface area (Å²) >= 11 is 0. The van der Waals surface area contributed by atoms with Crippen LogP contribution in [-0.4, -0.2) is 4.98 Å². The number of aromatic nitrogens is 1. The van der Waals surface area contributed by atoms with Crippen LogP contribution in [0.1, 0.15) is 0 Å². The largest absolute Gasteiger partial charge is 0.455 e. The van der Waals surface area contributed by atoms with E-state index in [2.05, 4.69) is 59.6 Å². The molecule has 2 aromatic heterocycles. The summed E-state index contributed by atoms with van der Waals surface area (Å²) < 4.78 is 6.14. The highest BCUT2D eigenvalue weighted by atomic mass is 16.3. The molecule has 0 amide bonds. The van der Waals surface area contributed by atoms with Crippen molar-refractivity contribution in [1.29, 1.82) is 0 Å². The van der Waals surface area contributed by atoms with E-state index in [1.165, 1.54) is 5.56 Å². The quantitative estimate of drug-likeness (QED) is 0.380. The van der Waals surface area contributed by atoms with Gasteiger partial charge in [0.05, 0.1) is 5.69 Å². The Morgan fingerprint density at radius 2 is 1.44 bits per heavy atom. The van der Waals surface area contributed by atoms with E-state index in [0.717, 1.165) is 38.8 Å². The van der Waals surface area contributed by atoms with Crippen LogP contribution in [0, 0.1) is 0 Å². The lowest BCUT2D eigenvalue weighted by Crippen LogP contribution is -1.86. The SMILES string of the molecule is c1ccc(-c2ccnc(-c3cccc4c3oc3ccccc34)c2)cc1. The minimum absolute atomic E-state index is 0.890. The number of benzene rings is 3. The highest BCUT2D eigenvalue weighted by Crippen LogP contribution is 2.35. The van der Waals surface area contributed by atoms with Gasteiger partial charge < -0.3 is 4.42 Å². The maximum absolute atomic E-state index is 6.14. The predicted octanol–water partition coefficient (Wildman–Crippen LogP) is 6.32. The van der Waals surface area contributed by atoms with Crippen LogP contribution in [0.4, 0.5) is 0 Å². The zero-order valence-electron chi connectivity index (χ0n) is 13.5. The van der Waals surface area contributed by atoms with E-state index < -0.39 is 0 Å². The summed E-state index contributed by atoms with van der Waals surface area (Å²) in [5.74, 6) is 0. The summed E-state index contributed by atoms with van der Waals surface area (Å²) in [6, 6.07) is 28.9. The molecule has 0 aliphatic rings. The topological polar surface area (TPSA) is 26.0 Å². The smallest absolute Gasteiger partial charge is 0.144 e. The molecule has 2 heteroatoms. The summed E-state index contributed by atoms with van der Waals surface area (Å²) in [6.45, 7) is 0. The van der Waals surface area contributed by atoms with E-state index in [0.29, 0.717) is 0 Å². The molecule has 5 rings (SSSR count). The molecule has 0 saturated carbocycles. The van der Waals surface area contributed by atoms with Gasteiger partial charge in [0.2, 0.25) is 0 Å². The van der Waals surface area contributed by atoms with Crippen molar-refractivity contribution >= 4 is 21.9 Å². The van der Waals surface area contributed by atoms with E-state index in [1.54, 1.807) is 0 Å². The summed E-state index contributed by atoms with van der Waals surface area (Å²) in [5, 5.41) is 2.26. The molecule has 5 aromatic rings. The fourth-order valence-corrected chi connectivity index (χ4v) is 3.34. The molecule has 0 unspecified atom stereocenters. The summed E-state index contributed by atoms with van der Waals surface area (Å²) in [6.07, 6.45) is 1.86. The average Bonchev–Trinajstić information content (AvgIpc) is 3.07. The fourth-order valence-electron chi connectivity index (χ4n) is 3.34. The lowest BCUT2D eigenvalue weighted by Gasteiger charge is -2.06. The molecule has 2 nitrogen and oxygen atoms in total. The predicted molar refractivity (Wildman–Crippen MR) is 102 cm³/mol. The molecule has 0 fully saturated rings. The van der Waals surface area contributed by atoms with Gasteiger partial charge in [-0.15, -0.1) is 0 Å². The van der Waals surface area contributed by atoms with Crippen LogP contribution in [0.2, 0.25) is 0 Å². The molecule has 0 aliphatic heterocycles. The molecule has 0 saturated heterocycles. The summed E-state index contributed by atoms with van der Waals surface area (Å²) in [4.78, 5) is 4.60. The Bertz CT molecular complexity index is 1190. The Kier molecular flexibility index (Phi) is 3.14. The number of rotatable bonds is 2. The van der Waals surface area contributed by atoms with Crippen LogP contribution in [0.15, 0.2) is 95.5 Å². The van der Waals surface area contributed by atoms with Crippen LogP contribution in [0.5, 0.6) is 0 Å². The summed E-state index contributed by atoms with van der Waals surface area (Å²) in [7, 11) is 0. The summed E-state index contributed by atoms with van der Waals surface area (Å²) in [5.41, 5.74) is 6.07. The van der Waals surface area contributed by atoms with E-state index in [1.807, 2.05) is 36.5 Å². The first kappa shape index (κ1) is 14.0. The van der Waals surface area contributed by atoms with E-state index in [9.17, 15) is 0 Å². The second-order valence-corrected chi connectivity index (χ2v) is 6.08. The molecule has 0 aliphatic carbocycles. The maximum atomic E-state index is 6.14. The monoisotopic (exact) mass is 321 g/mol. The first-order valence-electron chi connectivity index (χ1n) is 8.32. The van der Waals surface area contributed by atoms with E-state index in [-0.39, 0.29) is 0 Å². The second kappa shape index (κ2) is 5.60. The van der Waals surface area contributed by atoms with Crippen molar-refractivity contribution in [3.8, 4) is 22.4 Å². The van der Waals surface area contributed by atoms with Gasteiger partial charge in [-0.3, -0.25) is 4.98 Å². The Morgan fingerprint density at radius 3 is 2.36 bits per heavy atom. The molecule has 0 spiro atoms. The van der Waals surface area contributed by atoms with Gasteiger partial charge in [0.25, 0.3) is 0 Å². The van der Waals surface area contributed by atoms with Crippen LogP contribution >= 0.6 is 0 Å². The normalized spacial score (nSPS) is 11.2. The molecular formula is C23H15NO. The Morgan fingerprint density at radius 1 is 0.640 bits per heavy atom. The molecule has 118 valence electrons. The number of hydrogen-bond acceptors (Lipinski definition) is 2. The molecule has 0 atom stereocenters. The molecule has 2 heterocycles. The van der Waals surface area contributed by atoms with Crippen molar-refractivity contribution in [2.45, 2.75) is 0 Å². The average molecular weight is 321 g/mol. The highest BCUT2D eigenvalue weighted by Gasteiger charge is 2.12. The van der Waals surface area contributed by atoms with Crippen molar-refractivity contribution in [3.05, 3.63) is 91.1 Å². The van der Waals surface area contributed by atoms with E-state index >= 15 is 0 Å². The van der Waals surface area contributed by atoms with Gasteiger partial charge in [-0.05, 0) is 35.4 Å². The zero-order chi connectivity index (χ0) is 16.6. The van der Waals surface area contributed by atoms with E-state index in [4.69, 9.17) is 4.42 Å². The minimum atomic E-state index is 0.890. The van der Waals surface area contributed by atoms with Crippen molar-refractivity contribution < 1.29 is 4.42 Å². The standard InChI is InChI=1S/C23H15NO/c1-2-7-16(8-3-1)17-13-14-24-21(15-17)20-11-6-10-19-18-9-4-5-12-22(18)25-23(19)20/h1-15H. The van der Waals surface area contributed by atoms with Gasteiger partial charge in [0.1, 0.15) is 11.2 Å². The minimum Gasteiger partial charge on any atom is -0.455 e. The zero-order valence-corrected chi connectivity index (χ0v) is 13.5. The van der Waals surface area contributed by atoms with Gasteiger partial charge in [0, 0.05) is 22.5 Å². The lowest BCUT2D eigenvalue weighted by atomic mass is 10.0. The Labute approximate surface area is 145 Å². The maximum Gasteiger partial charge on any atom is 0.144 e. The second-order valence-electron chi connectivity index (χ2n) is 6.08. The molecule has 0 N–H and O–H groups in total. The number of para-hydroxylation sites is 2. The van der Waals surface area contributed by atoms with Crippen LogP contribution in [0.3, 0.4) is 0 Å². The number of hydrogen-bond donors (Lipinski definition) is 0. The molecule has 0 radical (unpaired) electrons. The first-order chi connectivity index (χ1) is 12.4. The van der Waals surface area contributed by atoms with Crippen molar-refractivity contribution in [2.75, 3.05) is 0 Å². The van der Waals surface area contributed by atoms with Crippen LogP contribution in [-0.2, 0) is 0 Å². The van der Waals surface area contributed by atoms with Crippen molar-refractivity contribution in [2.24, 2.45) is 0 Å². The Hall–Kier alpha value is -3.39. The number of pyridine rings is 1. The first-order valence-corrected chi connectivity index (χ1v) is 8.32. The van der Waals surface area contributed by atoms with Crippen LogP contribution < -0.4 is 0 Å². The van der Waals surface area contributed by atoms with Crippen LogP contribution in [0.25, 0.3) is 44.3 Å². The van der Waals surface area contributed by atoms with Crippen molar-refractivity contribution in [1.82, 2.24) is 4.98 Å². The third-order valence-electron chi connectivity index (χ3n) is 4.55. The van der Waals surface area contributed by atoms with Gasteiger partial charge in [0.15, 0.2) is 0 Å². The third kappa shape index (κ3) is 2.31. The fraction of sp³-hybridized carbons (Fsp3) is 0. The van der Waals surface area contributed by atoms with Crippen molar-refractivity contribution in [3.63, 3.8) is 0 Å². The Balaban J connectivity index is 1.74. The number of fused-ring (bicyclic) bond motifs is 3. The molecular weight excluding hydrogens is 306 g/mol. The third-order valence-corrected chi connectivity index (χ3v) is 4.55. The van der Waals surface area contributed by atoms with Gasteiger partial charge in [-0.25, -0.2) is 0 Å². The van der Waals surface area contributed by atoms with Gasteiger partial charge >= 0.3 is 0 Å². The lowest BCUT2D eigenvalue weighted by molar-refractivity contribution is 0.670.